The number of hydrogen-bond acceptors (Lipinski definition) is 8. The number of aliphatic hydroxyl groups excluding tert-OH is 3. The van der Waals surface area contributed by atoms with Gasteiger partial charge >= 0.3 is 191 Å². The van der Waals surface area contributed by atoms with Crippen LogP contribution in [0.25, 0.3) is 12.2 Å². The van der Waals surface area contributed by atoms with Crippen LogP contribution in [0, 0.1) is 11.3 Å². The van der Waals surface area contributed by atoms with E-state index in [9.17, 15) is 15.3 Å². The Balaban J connectivity index is 1.95. The molecule has 0 unspecified atom stereocenters. The topological polar surface area (TPSA) is 121 Å². The molecule has 1 aliphatic rings. The van der Waals surface area contributed by atoms with Crippen LogP contribution in [0.15, 0.2) is 36.4 Å². The van der Waals surface area contributed by atoms with Crippen molar-refractivity contribution >= 4 is 12.2 Å². The van der Waals surface area contributed by atoms with E-state index in [1.165, 1.54) is 7.11 Å². The van der Waals surface area contributed by atoms with Gasteiger partial charge in [0.1, 0.15) is 0 Å². The quantitative estimate of drug-likeness (QED) is 0.222. The second-order valence-electron chi connectivity index (χ2n) is 6.56. The van der Waals surface area contributed by atoms with Crippen molar-refractivity contribution in [2.24, 2.45) is 0 Å². The molecule has 0 aromatic heterocycles. The Hall–Kier alpha value is -2.36. The first-order valence-corrected chi connectivity index (χ1v) is 11.8. The third kappa shape index (κ3) is 5.66. The zero-order valence-electron chi connectivity index (χ0n) is 16.9. The van der Waals surface area contributed by atoms with Gasteiger partial charge in [0.25, 0.3) is 0 Å². The number of nitriles is 1. The minimum absolute atomic E-state index is 0.376. The zero-order valence-corrected chi connectivity index (χ0v) is 19.1. The summed E-state index contributed by atoms with van der Waals surface area (Å²) < 4.78 is 20.7. The Morgan fingerprint density at radius 2 is 1.97 bits per heavy atom. The molecule has 3 rings (SSSR count). The second-order valence-corrected chi connectivity index (χ2v) is 9.57. The maximum absolute atomic E-state index is 10.1. The van der Waals surface area contributed by atoms with Gasteiger partial charge in [-0.25, -0.2) is 0 Å². The van der Waals surface area contributed by atoms with Crippen LogP contribution in [-0.4, -0.2) is 56.8 Å². The Bertz CT molecular complexity index is 975. The number of alkyl halides is 2. The fourth-order valence-electron chi connectivity index (χ4n) is 2.92. The predicted molar refractivity (Wildman–Crippen MR) is 108 cm³/mol. The number of hydrogen-bond donors (Lipinski definition) is 3. The molecule has 166 valence electrons. The number of rotatable bonds is 7. The molecule has 31 heavy (non-hydrogen) atoms. The van der Waals surface area contributed by atoms with Crippen LogP contribution >= 0.6 is 0 Å². The minimum atomic E-state index is -1.15. The first-order valence-electron chi connectivity index (χ1n) is 9.34. The van der Waals surface area contributed by atoms with Crippen molar-refractivity contribution in [3.05, 3.63) is 53.1 Å². The summed E-state index contributed by atoms with van der Waals surface area (Å²) in [6, 6.07) is 12.7. The SMILES string of the molecule is COc1cc(/C=C/c2cccc(C#N)c2)c(O[C@@H]2O[C@H](CO)[C@@H](O)[C@H](O)[I-]2)c(OC)c1. The number of aliphatic hydroxyl groups is 3. The van der Waals surface area contributed by atoms with E-state index in [1.54, 1.807) is 43.5 Å². The first kappa shape index (κ1) is 23.3. The molecule has 0 radical (unpaired) electrons. The molecule has 1 heterocycles. The van der Waals surface area contributed by atoms with Crippen molar-refractivity contribution in [2.45, 2.75) is 20.6 Å². The second kappa shape index (κ2) is 10.8. The first-order chi connectivity index (χ1) is 15.0. The summed E-state index contributed by atoms with van der Waals surface area (Å²) >= 11 is -1.11. The van der Waals surface area contributed by atoms with Crippen molar-refractivity contribution in [2.75, 3.05) is 20.8 Å². The fourth-order valence-corrected chi connectivity index (χ4v) is 5.35. The van der Waals surface area contributed by atoms with Crippen molar-refractivity contribution in [1.82, 2.24) is 0 Å². The van der Waals surface area contributed by atoms with Gasteiger partial charge < -0.3 is 0 Å². The monoisotopic (exact) mass is 540 g/mol. The average Bonchev–Trinajstić information content (AvgIpc) is 2.80. The molecular weight excluding hydrogens is 517 g/mol. The third-order valence-electron chi connectivity index (χ3n) is 4.55. The van der Waals surface area contributed by atoms with Gasteiger partial charge in [-0.15, -0.1) is 0 Å². The molecule has 1 aliphatic heterocycles. The van der Waals surface area contributed by atoms with Crippen LogP contribution in [-0.2, 0) is 4.74 Å². The summed E-state index contributed by atoms with van der Waals surface area (Å²) in [6.07, 6.45) is 1.54. The fraction of sp³-hybridized carbons (Fsp3) is 0.318. The molecule has 4 atom stereocenters. The van der Waals surface area contributed by atoms with Gasteiger partial charge in [0.05, 0.1) is 0 Å². The summed E-state index contributed by atoms with van der Waals surface area (Å²) in [5.41, 5.74) is 2.00. The standard InChI is InChI=1S/C22H23INO7/c1-28-16-9-15(7-6-13-4-3-5-14(8-13)11-24)20(17(10-16)29-2)31-22-23-21(27)19(26)18(12-25)30-22/h3-10,18-19,21-22,25-27H,12H2,1-2H3/q-1/b7-6+/t18-,19-,21+,22+/m1/s1. The normalized spacial score (nSPS) is 23.6. The van der Waals surface area contributed by atoms with Crippen molar-refractivity contribution < 1.29 is 55.5 Å². The molecule has 1 saturated heterocycles. The molecule has 2 aromatic rings. The molecule has 0 saturated carbocycles. The molecule has 1 fully saturated rings. The summed E-state index contributed by atoms with van der Waals surface area (Å²) in [4.78, 5) is 0. The van der Waals surface area contributed by atoms with Crippen LogP contribution in [0.2, 0.25) is 0 Å². The Morgan fingerprint density at radius 1 is 1.16 bits per heavy atom. The summed E-state index contributed by atoms with van der Waals surface area (Å²) in [5.74, 6) is 1.33. The molecule has 8 nitrogen and oxygen atoms in total. The molecule has 3 N–H and O–H groups in total. The summed E-state index contributed by atoms with van der Waals surface area (Å²) in [5, 5.41) is 38.6. The van der Waals surface area contributed by atoms with Crippen LogP contribution in [0.5, 0.6) is 17.2 Å². The Kier molecular flexibility index (Phi) is 8.11. The molecule has 0 aliphatic carbocycles. The van der Waals surface area contributed by atoms with Gasteiger partial charge in [-0.05, 0) is 0 Å². The van der Waals surface area contributed by atoms with E-state index in [0.29, 0.717) is 28.4 Å². The number of nitrogens with zero attached hydrogens (tertiary/aromatic N) is 1. The van der Waals surface area contributed by atoms with Crippen molar-refractivity contribution in [3.63, 3.8) is 0 Å². The average molecular weight is 540 g/mol. The van der Waals surface area contributed by atoms with Gasteiger partial charge in [0, 0.05) is 0 Å². The molecule has 0 spiro atoms. The van der Waals surface area contributed by atoms with E-state index < -0.39 is 48.4 Å². The maximum atomic E-state index is 10.1. The van der Waals surface area contributed by atoms with Crippen LogP contribution in [0.4, 0.5) is 0 Å². The van der Waals surface area contributed by atoms with Crippen LogP contribution < -0.4 is 35.4 Å². The van der Waals surface area contributed by atoms with Crippen LogP contribution in [0.1, 0.15) is 16.7 Å². The van der Waals surface area contributed by atoms with E-state index in [0.717, 1.165) is 5.56 Å². The van der Waals surface area contributed by atoms with Gasteiger partial charge in [-0.3, -0.25) is 0 Å². The van der Waals surface area contributed by atoms with Gasteiger partial charge in [-0.2, -0.15) is 0 Å². The molecule has 2 aromatic carbocycles. The van der Waals surface area contributed by atoms with E-state index in [-0.39, 0.29) is 0 Å². The van der Waals surface area contributed by atoms with Gasteiger partial charge in [0.15, 0.2) is 0 Å². The van der Waals surface area contributed by atoms with Gasteiger partial charge in [-0.1, -0.05) is 0 Å². The number of ether oxygens (including phenoxy) is 4. The van der Waals surface area contributed by atoms with E-state index >= 15 is 0 Å². The molecule has 9 heteroatoms. The van der Waals surface area contributed by atoms with E-state index in [4.69, 9.17) is 24.2 Å². The van der Waals surface area contributed by atoms with Gasteiger partial charge in [0.2, 0.25) is 0 Å². The predicted octanol–water partition coefficient (Wildman–Crippen LogP) is -1.43. The zero-order chi connectivity index (χ0) is 22.4. The summed E-state index contributed by atoms with van der Waals surface area (Å²) in [7, 11) is 3.04. The summed E-state index contributed by atoms with van der Waals surface area (Å²) in [6.45, 7) is -0.441. The van der Waals surface area contributed by atoms with Crippen molar-refractivity contribution in [1.29, 1.82) is 5.26 Å². The number of benzene rings is 2. The van der Waals surface area contributed by atoms with Crippen molar-refractivity contribution in [3.8, 4) is 23.3 Å². The Labute approximate surface area is 190 Å². The number of halogens is 1. The molecule has 0 bridgehead atoms. The molecule has 0 amide bonds. The number of methoxy groups -OCH3 is 2. The van der Waals surface area contributed by atoms with Crippen LogP contribution in [0.3, 0.4) is 0 Å². The third-order valence-corrected chi connectivity index (χ3v) is 7.16. The van der Waals surface area contributed by atoms with E-state index in [1.807, 2.05) is 12.1 Å². The Morgan fingerprint density at radius 3 is 2.65 bits per heavy atom. The van der Waals surface area contributed by atoms with E-state index in [2.05, 4.69) is 6.07 Å². The molecular formula is C22H23INO7-.